The molecular formula is C25H35N3O3. The lowest BCUT2D eigenvalue weighted by molar-refractivity contribution is -0.0759. The van der Waals surface area contributed by atoms with Crippen molar-refractivity contribution < 1.29 is 14.3 Å². The molecule has 4 N–H and O–H groups in total. The van der Waals surface area contributed by atoms with Crippen LogP contribution in [0.1, 0.15) is 58.6 Å². The van der Waals surface area contributed by atoms with Crippen molar-refractivity contribution in [2.75, 3.05) is 11.5 Å². The summed E-state index contributed by atoms with van der Waals surface area (Å²) in [7, 11) is 0. The van der Waals surface area contributed by atoms with Gasteiger partial charge in [0.1, 0.15) is 11.3 Å². The molecule has 0 aliphatic carbocycles. The molecule has 1 heterocycles. The molecule has 6 nitrogen and oxygen atoms in total. The molecule has 2 aromatic carbocycles. The topological polar surface area (TPSA) is 90.8 Å². The molecule has 1 aliphatic heterocycles. The van der Waals surface area contributed by atoms with E-state index in [9.17, 15) is 4.79 Å². The number of anilines is 2. The van der Waals surface area contributed by atoms with Gasteiger partial charge in [-0.15, -0.1) is 0 Å². The molecule has 3 atom stereocenters. The van der Waals surface area contributed by atoms with E-state index in [1.165, 1.54) is 0 Å². The molecule has 0 saturated carbocycles. The second kappa shape index (κ2) is 8.42. The summed E-state index contributed by atoms with van der Waals surface area (Å²) in [6.45, 7) is 11.5. The van der Waals surface area contributed by atoms with Crippen molar-refractivity contribution in [3.05, 3.63) is 59.7 Å². The lowest BCUT2D eigenvalue weighted by Crippen LogP contribution is -2.52. The summed E-state index contributed by atoms with van der Waals surface area (Å²) in [6.07, 6.45) is 0.168. The highest BCUT2D eigenvalue weighted by Gasteiger charge is 2.52. The summed E-state index contributed by atoms with van der Waals surface area (Å²) < 4.78 is 12.1. The third-order valence-corrected chi connectivity index (χ3v) is 5.64. The van der Waals surface area contributed by atoms with E-state index in [0.717, 1.165) is 23.2 Å². The first-order valence-electron chi connectivity index (χ1n) is 10.8. The van der Waals surface area contributed by atoms with Crippen LogP contribution >= 0.6 is 0 Å². The second-order valence-electron chi connectivity index (χ2n) is 9.83. The van der Waals surface area contributed by atoms with Gasteiger partial charge in [0, 0.05) is 17.3 Å². The van der Waals surface area contributed by atoms with E-state index in [1.807, 2.05) is 90.1 Å². The zero-order chi connectivity index (χ0) is 23.0. The van der Waals surface area contributed by atoms with Gasteiger partial charge in [-0.1, -0.05) is 24.3 Å². The first-order chi connectivity index (χ1) is 14.4. The highest BCUT2D eigenvalue weighted by molar-refractivity contribution is 5.70. The molecule has 3 rings (SSSR count). The normalized spacial score (nSPS) is 21.7. The Kier molecular flexibility index (Phi) is 6.23. The highest BCUT2D eigenvalue weighted by Crippen LogP contribution is 2.41. The van der Waals surface area contributed by atoms with Gasteiger partial charge in [-0.05, 0) is 83.4 Å². The molecule has 0 aromatic heterocycles. The predicted molar refractivity (Wildman–Crippen MR) is 125 cm³/mol. The zero-order valence-electron chi connectivity index (χ0n) is 19.4. The van der Waals surface area contributed by atoms with Crippen molar-refractivity contribution in [1.29, 1.82) is 0 Å². The maximum absolute atomic E-state index is 13.3. The molecular weight excluding hydrogens is 390 g/mol. The molecule has 6 heteroatoms. The van der Waals surface area contributed by atoms with Crippen LogP contribution in [0.5, 0.6) is 0 Å². The van der Waals surface area contributed by atoms with E-state index in [-0.39, 0.29) is 24.2 Å². The summed E-state index contributed by atoms with van der Waals surface area (Å²) in [5.41, 5.74) is 14.1. The number of carbonyl (C=O) groups excluding carboxylic acids is 1. The maximum atomic E-state index is 13.3. The standard InChI is InChI=1S/C25H35N3O3/c1-16-22(28(25(5,6)30-16)23(29)31-24(2,3)4)21(18-9-13-20(27)14-10-18)15-17-7-11-19(26)12-8-17/h7-14,16,21-22H,15,26-27H2,1-6H3/t16-,21?,22+/m0/s1. The van der Waals surface area contributed by atoms with Crippen LogP contribution in [0.2, 0.25) is 0 Å². The Morgan fingerprint density at radius 1 is 1.06 bits per heavy atom. The average molecular weight is 426 g/mol. The van der Waals surface area contributed by atoms with Gasteiger partial charge in [-0.3, -0.25) is 4.90 Å². The Morgan fingerprint density at radius 2 is 1.58 bits per heavy atom. The fourth-order valence-corrected chi connectivity index (χ4v) is 4.40. The Morgan fingerprint density at radius 3 is 2.10 bits per heavy atom. The number of nitrogens with zero attached hydrogens (tertiary/aromatic N) is 1. The number of amides is 1. The molecule has 1 aliphatic rings. The van der Waals surface area contributed by atoms with Crippen LogP contribution < -0.4 is 11.5 Å². The lowest BCUT2D eigenvalue weighted by Gasteiger charge is -2.38. The first-order valence-corrected chi connectivity index (χ1v) is 10.8. The Balaban J connectivity index is 2.04. The van der Waals surface area contributed by atoms with Gasteiger partial charge >= 0.3 is 6.09 Å². The van der Waals surface area contributed by atoms with Crippen LogP contribution in [0.25, 0.3) is 0 Å². The summed E-state index contributed by atoms with van der Waals surface area (Å²) in [5.74, 6) is -0.0199. The number of ether oxygens (including phenoxy) is 2. The smallest absolute Gasteiger partial charge is 0.412 e. The van der Waals surface area contributed by atoms with Crippen LogP contribution in [0.3, 0.4) is 0 Å². The SMILES string of the molecule is C[C@@H]1OC(C)(C)N(C(=O)OC(C)(C)C)[C@H]1C(Cc1ccc(N)cc1)c1ccc(N)cc1. The van der Waals surface area contributed by atoms with E-state index in [2.05, 4.69) is 0 Å². The van der Waals surface area contributed by atoms with Crippen LogP contribution in [0.4, 0.5) is 16.2 Å². The van der Waals surface area contributed by atoms with Gasteiger partial charge < -0.3 is 20.9 Å². The Labute approximate surface area is 185 Å². The van der Waals surface area contributed by atoms with Crippen molar-refractivity contribution in [2.45, 2.75) is 77.4 Å². The van der Waals surface area contributed by atoms with Gasteiger partial charge in [-0.25, -0.2) is 4.79 Å². The quantitative estimate of drug-likeness (QED) is 0.677. The van der Waals surface area contributed by atoms with E-state index in [4.69, 9.17) is 20.9 Å². The van der Waals surface area contributed by atoms with Crippen molar-refractivity contribution >= 4 is 17.5 Å². The highest BCUT2D eigenvalue weighted by atomic mass is 16.6. The predicted octanol–water partition coefficient (Wildman–Crippen LogP) is 4.94. The monoisotopic (exact) mass is 425 g/mol. The largest absolute Gasteiger partial charge is 0.444 e. The third-order valence-electron chi connectivity index (χ3n) is 5.64. The molecule has 1 amide bonds. The zero-order valence-corrected chi connectivity index (χ0v) is 19.4. The van der Waals surface area contributed by atoms with Crippen molar-refractivity contribution in [3.63, 3.8) is 0 Å². The fraction of sp³-hybridized carbons (Fsp3) is 0.480. The number of nitrogens with two attached hydrogens (primary N) is 2. The molecule has 168 valence electrons. The maximum Gasteiger partial charge on any atom is 0.412 e. The van der Waals surface area contributed by atoms with Crippen LogP contribution in [-0.4, -0.2) is 34.5 Å². The first kappa shape index (κ1) is 22.9. The van der Waals surface area contributed by atoms with Gasteiger partial charge in [0.25, 0.3) is 0 Å². The molecule has 0 radical (unpaired) electrons. The fourth-order valence-electron chi connectivity index (χ4n) is 4.40. The summed E-state index contributed by atoms with van der Waals surface area (Å²) in [6, 6.07) is 15.5. The van der Waals surface area contributed by atoms with Gasteiger partial charge in [-0.2, -0.15) is 0 Å². The Hall–Kier alpha value is -2.73. The number of nitrogen functional groups attached to an aromatic ring is 2. The third kappa shape index (κ3) is 5.31. The van der Waals surface area contributed by atoms with Gasteiger partial charge in [0.05, 0.1) is 12.1 Å². The average Bonchev–Trinajstić information content (AvgIpc) is 2.89. The van der Waals surface area contributed by atoms with Gasteiger partial charge in [0.2, 0.25) is 0 Å². The van der Waals surface area contributed by atoms with Crippen LogP contribution in [0, 0.1) is 0 Å². The molecule has 1 saturated heterocycles. The molecule has 1 unspecified atom stereocenters. The minimum atomic E-state index is -0.792. The summed E-state index contributed by atoms with van der Waals surface area (Å²) in [4.78, 5) is 15.1. The van der Waals surface area contributed by atoms with Crippen LogP contribution in [0.15, 0.2) is 48.5 Å². The van der Waals surface area contributed by atoms with E-state index >= 15 is 0 Å². The van der Waals surface area contributed by atoms with Crippen LogP contribution in [-0.2, 0) is 15.9 Å². The number of hydrogen-bond acceptors (Lipinski definition) is 5. The summed E-state index contributed by atoms with van der Waals surface area (Å²) in [5, 5.41) is 0. The van der Waals surface area contributed by atoms with Crippen molar-refractivity contribution in [3.8, 4) is 0 Å². The molecule has 2 aromatic rings. The molecule has 1 fully saturated rings. The van der Waals surface area contributed by atoms with E-state index in [0.29, 0.717) is 5.69 Å². The minimum Gasteiger partial charge on any atom is -0.444 e. The molecule has 31 heavy (non-hydrogen) atoms. The summed E-state index contributed by atoms with van der Waals surface area (Å²) >= 11 is 0. The number of carbonyl (C=O) groups is 1. The van der Waals surface area contributed by atoms with Gasteiger partial charge in [0.15, 0.2) is 0 Å². The second-order valence-corrected chi connectivity index (χ2v) is 9.83. The number of rotatable bonds is 4. The number of benzene rings is 2. The molecule has 0 bridgehead atoms. The van der Waals surface area contributed by atoms with E-state index in [1.54, 1.807) is 4.90 Å². The van der Waals surface area contributed by atoms with Crippen molar-refractivity contribution in [2.24, 2.45) is 0 Å². The minimum absolute atomic E-state index is 0.0199. The van der Waals surface area contributed by atoms with Crippen molar-refractivity contribution in [1.82, 2.24) is 4.90 Å². The molecule has 0 spiro atoms. The van der Waals surface area contributed by atoms with E-state index < -0.39 is 11.3 Å². The number of hydrogen-bond donors (Lipinski definition) is 2. The Bertz CT molecular complexity index is 901. The lowest BCUT2D eigenvalue weighted by atomic mass is 9.83.